The first-order valence-electron chi connectivity index (χ1n) is 5.18. The van der Waals surface area contributed by atoms with Crippen molar-refractivity contribution in [3.63, 3.8) is 0 Å². The highest BCUT2D eigenvalue weighted by Gasteiger charge is 1.96. The largest absolute Gasteiger partial charge is 0.0984 e. The average Bonchev–Trinajstić information content (AvgIpc) is 2.26. The van der Waals surface area contributed by atoms with Crippen LogP contribution in [0.1, 0.15) is 26.3 Å². The molecule has 1 aromatic rings. The van der Waals surface area contributed by atoms with Crippen LogP contribution in [0.15, 0.2) is 60.2 Å². The van der Waals surface area contributed by atoms with Gasteiger partial charge in [0.1, 0.15) is 0 Å². The minimum Gasteiger partial charge on any atom is -0.0984 e. The average molecular weight is 198 g/mol. The second-order valence-corrected chi connectivity index (χ2v) is 3.85. The lowest BCUT2D eigenvalue weighted by molar-refractivity contribution is 1.29. The molecule has 0 spiro atoms. The highest BCUT2D eigenvalue weighted by Crippen LogP contribution is 2.18. The first-order valence-corrected chi connectivity index (χ1v) is 5.18. The smallest absolute Gasteiger partial charge is 0.0184 e. The molecular formula is C15H18. The fourth-order valence-electron chi connectivity index (χ4n) is 1.27. The van der Waals surface area contributed by atoms with Gasteiger partial charge in [-0.15, -0.1) is 0 Å². The lowest BCUT2D eigenvalue weighted by atomic mass is 10.0. The highest BCUT2D eigenvalue weighted by molar-refractivity contribution is 5.75. The van der Waals surface area contributed by atoms with Crippen LogP contribution in [-0.4, -0.2) is 0 Å². The Labute approximate surface area is 92.6 Å². The molecule has 0 radical (unpaired) electrons. The quantitative estimate of drug-likeness (QED) is 0.622. The zero-order valence-electron chi connectivity index (χ0n) is 9.75. The maximum absolute atomic E-state index is 3.86. The van der Waals surface area contributed by atoms with E-state index in [4.69, 9.17) is 0 Å². The first kappa shape index (κ1) is 11.5. The van der Waals surface area contributed by atoms with Crippen molar-refractivity contribution in [3.8, 4) is 0 Å². The van der Waals surface area contributed by atoms with Crippen molar-refractivity contribution in [1.29, 1.82) is 0 Å². The van der Waals surface area contributed by atoms with E-state index in [0.29, 0.717) is 0 Å². The summed E-state index contributed by atoms with van der Waals surface area (Å²) in [4.78, 5) is 0. The number of hydrogen-bond donors (Lipinski definition) is 0. The van der Waals surface area contributed by atoms with Crippen molar-refractivity contribution in [2.24, 2.45) is 0 Å². The fourth-order valence-corrected chi connectivity index (χ4v) is 1.27. The third-order valence-corrected chi connectivity index (χ3v) is 2.49. The summed E-state index contributed by atoms with van der Waals surface area (Å²) in [7, 11) is 0. The maximum Gasteiger partial charge on any atom is -0.0184 e. The summed E-state index contributed by atoms with van der Waals surface area (Å²) in [5.74, 6) is 0. The summed E-state index contributed by atoms with van der Waals surface area (Å²) in [5.41, 5.74) is 5.03. The summed E-state index contributed by atoms with van der Waals surface area (Å²) in [5, 5.41) is 0. The van der Waals surface area contributed by atoms with E-state index in [1.807, 2.05) is 24.3 Å². The normalized spacial score (nSPS) is 11.0. The Morgan fingerprint density at radius 3 is 2.13 bits per heavy atom. The van der Waals surface area contributed by atoms with Gasteiger partial charge in [-0.3, -0.25) is 0 Å². The van der Waals surface area contributed by atoms with Crippen LogP contribution in [0.3, 0.4) is 0 Å². The van der Waals surface area contributed by atoms with Gasteiger partial charge in [-0.05, 0) is 31.9 Å². The third kappa shape index (κ3) is 3.25. The van der Waals surface area contributed by atoms with Gasteiger partial charge in [0, 0.05) is 0 Å². The predicted molar refractivity (Wildman–Crippen MR) is 68.7 cm³/mol. The Morgan fingerprint density at radius 1 is 1.07 bits per heavy atom. The second kappa shape index (κ2) is 5.35. The van der Waals surface area contributed by atoms with Crippen molar-refractivity contribution in [2.45, 2.75) is 20.8 Å². The van der Waals surface area contributed by atoms with Crippen molar-refractivity contribution in [3.05, 3.63) is 65.8 Å². The molecule has 0 aromatic heterocycles. The van der Waals surface area contributed by atoms with E-state index in [1.165, 1.54) is 22.3 Å². The Kier molecular flexibility index (Phi) is 4.11. The molecule has 0 heterocycles. The molecule has 0 amide bonds. The van der Waals surface area contributed by atoms with E-state index >= 15 is 0 Å². The molecule has 78 valence electrons. The summed E-state index contributed by atoms with van der Waals surface area (Å²) in [6, 6.07) is 10.3. The molecule has 0 nitrogen and oxygen atoms in total. The monoisotopic (exact) mass is 198 g/mol. The third-order valence-electron chi connectivity index (χ3n) is 2.49. The summed E-state index contributed by atoms with van der Waals surface area (Å²) in [6.45, 7) is 10.2. The molecule has 0 saturated heterocycles. The molecule has 0 atom stereocenters. The summed E-state index contributed by atoms with van der Waals surface area (Å²) in [6.07, 6.45) is 4.08. The molecule has 0 aliphatic heterocycles. The van der Waals surface area contributed by atoms with Gasteiger partial charge >= 0.3 is 0 Å². The van der Waals surface area contributed by atoms with Crippen molar-refractivity contribution in [2.75, 3.05) is 0 Å². The van der Waals surface area contributed by atoms with Crippen LogP contribution < -0.4 is 0 Å². The number of allylic oxidation sites excluding steroid dienone is 5. The van der Waals surface area contributed by atoms with Gasteiger partial charge in [0.2, 0.25) is 0 Å². The van der Waals surface area contributed by atoms with E-state index in [9.17, 15) is 0 Å². The van der Waals surface area contributed by atoms with Gasteiger partial charge in [-0.1, -0.05) is 60.2 Å². The van der Waals surface area contributed by atoms with Crippen LogP contribution in [0.2, 0.25) is 0 Å². The van der Waals surface area contributed by atoms with Crippen LogP contribution in [-0.2, 0) is 0 Å². The van der Waals surface area contributed by atoms with E-state index in [0.717, 1.165) is 0 Å². The molecule has 0 unspecified atom stereocenters. The predicted octanol–water partition coefficient (Wildman–Crippen LogP) is 4.61. The molecule has 1 rings (SSSR count). The van der Waals surface area contributed by atoms with Gasteiger partial charge < -0.3 is 0 Å². The molecular weight excluding hydrogens is 180 g/mol. The SMILES string of the molecule is C=C/C(=C\C(C)=C(C)C)c1ccccc1. The van der Waals surface area contributed by atoms with Crippen molar-refractivity contribution in [1.82, 2.24) is 0 Å². The molecule has 0 N–H and O–H groups in total. The zero-order chi connectivity index (χ0) is 11.3. The Hall–Kier alpha value is -1.56. The molecule has 0 aliphatic carbocycles. The first-order chi connectivity index (χ1) is 7.15. The number of rotatable bonds is 3. The molecule has 0 saturated carbocycles. The number of hydrogen-bond acceptors (Lipinski definition) is 0. The molecule has 1 aromatic carbocycles. The molecule has 0 heteroatoms. The Balaban J connectivity index is 3.11. The highest BCUT2D eigenvalue weighted by atomic mass is 14.0. The van der Waals surface area contributed by atoms with Crippen LogP contribution in [0.5, 0.6) is 0 Å². The van der Waals surface area contributed by atoms with Gasteiger partial charge in [-0.2, -0.15) is 0 Å². The molecule has 15 heavy (non-hydrogen) atoms. The van der Waals surface area contributed by atoms with E-state index in [-0.39, 0.29) is 0 Å². The molecule has 0 aliphatic rings. The van der Waals surface area contributed by atoms with Crippen LogP contribution in [0.25, 0.3) is 5.57 Å². The van der Waals surface area contributed by atoms with E-state index in [2.05, 4.69) is 45.6 Å². The van der Waals surface area contributed by atoms with Gasteiger partial charge in [0.15, 0.2) is 0 Å². The van der Waals surface area contributed by atoms with Crippen LogP contribution in [0, 0.1) is 0 Å². The minimum atomic E-state index is 1.18. The topological polar surface area (TPSA) is 0 Å². The standard InChI is InChI=1S/C15H18/c1-5-14(11-13(4)12(2)3)15-9-7-6-8-10-15/h5-11H,1H2,2-4H3/b14-11+. The Morgan fingerprint density at radius 2 is 1.67 bits per heavy atom. The van der Waals surface area contributed by atoms with E-state index in [1.54, 1.807) is 0 Å². The van der Waals surface area contributed by atoms with Crippen molar-refractivity contribution >= 4 is 5.57 Å². The van der Waals surface area contributed by atoms with Crippen LogP contribution >= 0.6 is 0 Å². The summed E-state index contributed by atoms with van der Waals surface area (Å²) >= 11 is 0. The van der Waals surface area contributed by atoms with E-state index < -0.39 is 0 Å². The second-order valence-electron chi connectivity index (χ2n) is 3.85. The molecule has 0 fully saturated rings. The van der Waals surface area contributed by atoms with Gasteiger partial charge in [0.25, 0.3) is 0 Å². The molecule has 0 bridgehead atoms. The minimum absolute atomic E-state index is 1.18. The fraction of sp³-hybridized carbons (Fsp3) is 0.200. The van der Waals surface area contributed by atoms with Gasteiger partial charge in [-0.25, -0.2) is 0 Å². The van der Waals surface area contributed by atoms with Crippen molar-refractivity contribution < 1.29 is 0 Å². The lowest BCUT2D eigenvalue weighted by Gasteiger charge is -2.03. The number of benzene rings is 1. The maximum atomic E-state index is 3.86. The lowest BCUT2D eigenvalue weighted by Crippen LogP contribution is -1.82. The van der Waals surface area contributed by atoms with Gasteiger partial charge in [0.05, 0.1) is 0 Å². The Bertz CT molecular complexity index is 387. The van der Waals surface area contributed by atoms with Crippen LogP contribution in [0.4, 0.5) is 0 Å². The summed E-state index contributed by atoms with van der Waals surface area (Å²) < 4.78 is 0. The zero-order valence-corrected chi connectivity index (χ0v) is 9.75.